The minimum Gasteiger partial charge on any atom is -0.439 e. The van der Waals surface area contributed by atoms with E-state index in [0.29, 0.717) is 11.8 Å². The highest BCUT2D eigenvalue weighted by Crippen LogP contribution is 2.51. The number of hydrogen-bond acceptors (Lipinski definition) is 6. The van der Waals surface area contributed by atoms with E-state index in [4.69, 9.17) is 18.8 Å². The minimum atomic E-state index is -3.38. The Morgan fingerprint density at radius 1 is 0.321 bits per heavy atom. The fourth-order valence-electron chi connectivity index (χ4n) is 12.5. The number of aromatic nitrogens is 2. The highest BCUT2D eigenvalue weighted by atomic mass is 28.3. The summed E-state index contributed by atoms with van der Waals surface area (Å²) in [6.07, 6.45) is 0. The number of rotatable bonds is 6. The molecule has 81 heavy (non-hydrogen) atoms. The van der Waals surface area contributed by atoms with Gasteiger partial charge in [0.1, 0.15) is 11.0 Å². The van der Waals surface area contributed by atoms with Gasteiger partial charge in [0, 0.05) is 44.7 Å². The molecular formula is C74H80N4O2Si. The molecule has 2 aliphatic heterocycles. The molecule has 7 heteroatoms. The van der Waals surface area contributed by atoms with Gasteiger partial charge in [-0.3, -0.25) is 0 Å². The van der Waals surface area contributed by atoms with Crippen LogP contribution in [-0.2, 0) is 32.5 Å². The molecule has 0 saturated heterocycles. The molecule has 6 nitrogen and oxygen atoms in total. The monoisotopic (exact) mass is 1080 g/mol. The maximum atomic E-state index is 7.53. The summed E-state index contributed by atoms with van der Waals surface area (Å²) in [6, 6.07) is 60.1. The van der Waals surface area contributed by atoms with Crippen molar-refractivity contribution in [3.05, 3.63) is 192 Å². The van der Waals surface area contributed by atoms with E-state index in [2.05, 4.69) is 292 Å². The number of hydrogen-bond donors (Lipinski definition) is 0. The molecule has 0 bridgehead atoms. The lowest BCUT2D eigenvalue weighted by molar-refractivity contribution is 0.410. The van der Waals surface area contributed by atoms with Crippen LogP contribution in [0.2, 0.25) is 0 Å². The zero-order valence-electron chi connectivity index (χ0n) is 51.1. The summed E-state index contributed by atoms with van der Waals surface area (Å²) in [7, 11) is -3.38. The third kappa shape index (κ3) is 8.79. The van der Waals surface area contributed by atoms with E-state index < -0.39 is 18.9 Å². The van der Waals surface area contributed by atoms with Crippen molar-refractivity contribution in [3.8, 4) is 22.3 Å². The van der Waals surface area contributed by atoms with E-state index >= 15 is 0 Å². The van der Waals surface area contributed by atoms with Gasteiger partial charge < -0.3 is 18.6 Å². The standard InChI is InChI=1S/C74H80N4O2Si/c1-69(2,3)45-27-35-49(36-28-45)77(50-37-29-46(30-38-50)70(4,5)6)55-43-59-61(65-63(55)75-67(79-65)73(13,14)15)62-60(81(59)57-25-21-19-23-53(57)54-24-20-22-26-58(54)81)44-56(64-66(62)80-68(76-64)74(16,17)18)78(51-39-31-47(32-40-51)71(7,8)9)52-41-33-48(34-42-52)72(10,11)12/h19-44H,1-18H3. The zero-order valence-corrected chi connectivity index (χ0v) is 52.1. The highest BCUT2D eigenvalue weighted by Gasteiger charge is 2.57. The molecule has 0 N–H and O–H groups in total. The van der Waals surface area contributed by atoms with Crippen molar-refractivity contribution in [3.63, 3.8) is 0 Å². The lowest BCUT2D eigenvalue weighted by Crippen LogP contribution is -2.70. The molecule has 0 saturated carbocycles. The molecule has 0 amide bonds. The summed E-state index contributed by atoms with van der Waals surface area (Å²) in [4.78, 5) is 16.2. The van der Waals surface area contributed by atoms with Gasteiger partial charge in [-0.15, -0.1) is 0 Å². The van der Waals surface area contributed by atoms with Crippen molar-refractivity contribution in [1.29, 1.82) is 0 Å². The molecule has 4 heterocycles. The SMILES string of the molecule is CC(C)(C)c1ccc(N(c2ccc(C(C)(C)C)cc2)c2cc3c(c4oc(C(C)(C)C)nc24)-c2c(cc(N(c4ccc(C(C)(C)C)cc4)c4ccc(C(C)(C)C)cc4)c4nc(C(C)(C)C)oc24)[Si]32c3ccccc3-c3ccccc32)cc1. The fraction of sp³-hybridized carbons (Fsp3) is 0.324. The summed E-state index contributed by atoms with van der Waals surface area (Å²) < 4.78 is 15.1. The predicted molar refractivity (Wildman–Crippen MR) is 345 cm³/mol. The molecule has 2 aliphatic rings. The summed E-state index contributed by atoms with van der Waals surface area (Å²) >= 11 is 0. The van der Waals surface area contributed by atoms with Gasteiger partial charge in [0.2, 0.25) is 11.8 Å². The van der Waals surface area contributed by atoms with Gasteiger partial charge in [-0.25, -0.2) is 9.97 Å². The Hall–Kier alpha value is -7.48. The van der Waals surface area contributed by atoms with E-state index in [1.54, 1.807) is 0 Å². The van der Waals surface area contributed by atoms with E-state index in [1.807, 2.05) is 0 Å². The predicted octanol–water partition coefficient (Wildman–Crippen LogP) is 18.0. The maximum Gasteiger partial charge on any atom is 0.200 e. The van der Waals surface area contributed by atoms with Crippen molar-refractivity contribution in [2.45, 2.75) is 157 Å². The first-order chi connectivity index (χ1) is 38.0. The molecule has 0 atom stereocenters. The number of benzene rings is 8. The van der Waals surface area contributed by atoms with Crippen LogP contribution in [0.1, 0.15) is 159 Å². The smallest absolute Gasteiger partial charge is 0.200 e. The van der Waals surface area contributed by atoms with Gasteiger partial charge in [0.05, 0.1) is 11.4 Å². The Labute approximate surface area is 482 Å². The first kappa shape index (κ1) is 54.1. The van der Waals surface area contributed by atoms with Crippen LogP contribution in [0.4, 0.5) is 34.1 Å². The molecule has 8 aromatic carbocycles. The quantitative estimate of drug-likeness (QED) is 0.155. The molecule has 12 rings (SSSR count). The summed E-state index contributed by atoms with van der Waals surface area (Å²) in [5, 5.41) is 5.19. The Morgan fingerprint density at radius 2 is 0.593 bits per heavy atom. The summed E-state index contributed by atoms with van der Waals surface area (Å²) in [5.74, 6) is 1.36. The lowest BCUT2D eigenvalue weighted by atomic mass is 9.86. The van der Waals surface area contributed by atoms with Gasteiger partial charge in [0.25, 0.3) is 0 Å². The average Bonchev–Trinajstić information content (AvgIpc) is 1.82. The van der Waals surface area contributed by atoms with Gasteiger partial charge in [0.15, 0.2) is 19.2 Å². The maximum absolute atomic E-state index is 7.53. The van der Waals surface area contributed by atoms with Crippen LogP contribution in [0.15, 0.2) is 167 Å². The van der Waals surface area contributed by atoms with Gasteiger partial charge >= 0.3 is 0 Å². The molecule has 0 aliphatic carbocycles. The number of fused-ring (bicyclic) bond motifs is 14. The van der Waals surface area contributed by atoms with E-state index in [1.165, 1.54) is 54.1 Å². The minimum absolute atomic E-state index is 0.0294. The second kappa shape index (κ2) is 18.3. The number of oxazole rings is 2. The summed E-state index contributed by atoms with van der Waals surface area (Å²) in [5.41, 5.74) is 18.0. The van der Waals surface area contributed by atoms with Crippen molar-refractivity contribution in [1.82, 2.24) is 9.97 Å². The van der Waals surface area contributed by atoms with Gasteiger partial charge in [-0.1, -0.05) is 222 Å². The van der Waals surface area contributed by atoms with E-state index in [-0.39, 0.29) is 21.7 Å². The van der Waals surface area contributed by atoms with Crippen LogP contribution in [0.3, 0.4) is 0 Å². The molecule has 0 radical (unpaired) electrons. The van der Waals surface area contributed by atoms with Crippen LogP contribution >= 0.6 is 0 Å². The van der Waals surface area contributed by atoms with Crippen LogP contribution in [-0.4, -0.2) is 18.0 Å². The summed E-state index contributed by atoms with van der Waals surface area (Å²) in [6.45, 7) is 40.6. The number of anilines is 6. The van der Waals surface area contributed by atoms with E-state index in [9.17, 15) is 0 Å². The second-order valence-corrected chi connectivity index (χ2v) is 32.9. The van der Waals surface area contributed by atoms with Crippen LogP contribution in [0.25, 0.3) is 44.5 Å². The molecular weight excluding hydrogens is 1000 g/mol. The topological polar surface area (TPSA) is 58.5 Å². The van der Waals surface area contributed by atoms with Gasteiger partial charge in [-0.05, 0) is 136 Å². The normalized spacial score (nSPS) is 14.1. The second-order valence-electron chi connectivity index (χ2n) is 29.2. The zero-order chi connectivity index (χ0) is 57.7. The lowest BCUT2D eigenvalue weighted by Gasteiger charge is -2.32. The van der Waals surface area contributed by atoms with Gasteiger partial charge in [-0.2, -0.15) is 0 Å². The Bertz CT molecular complexity index is 3700. The first-order valence-electron chi connectivity index (χ1n) is 29.1. The largest absolute Gasteiger partial charge is 0.439 e. The fourth-order valence-corrected chi connectivity index (χ4v) is 18.1. The Kier molecular flexibility index (Phi) is 12.2. The van der Waals surface area contributed by atoms with Crippen molar-refractivity contribution >= 4 is 85.1 Å². The molecule has 0 fully saturated rings. The van der Waals surface area contributed by atoms with Crippen molar-refractivity contribution in [2.24, 2.45) is 0 Å². The first-order valence-corrected chi connectivity index (χ1v) is 31.1. The highest BCUT2D eigenvalue weighted by molar-refractivity contribution is 7.24. The number of nitrogens with zero attached hydrogens (tertiary/aromatic N) is 4. The molecule has 412 valence electrons. The van der Waals surface area contributed by atoms with E-state index in [0.717, 1.165) is 67.5 Å². The van der Waals surface area contributed by atoms with Crippen LogP contribution < -0.4 is 30.5 Å². The molecule has 0 unspecified atom stereocenters. The van der Waals surface area contributed by atoms with Crippen LogP contribution in [0, 0.1) is 0 Å². The molecule has 10 aromatic rings. The third-order valence-electron chi connectivity index (χ3n) is 17.0. The van der Waals surface area contributed by atoms with Crippen molar-refractivity contribution < 1.29 is 8.83 Å². The average molecular weight is 1090 g/mol. The molecule has 2 aromatic heterocycles. The van der Waals surface area contributed by atoms with Crippen LogP contribution in [0.5, 0.6) is 0 Å². The molecule has 1 spiro atoms. The van der Waals surface area contributed by atoms with Crippen molar-refractivity contribution in [2.75, 3.05) is 9.80 Å². The third-order valence-corrected chi connectivity index (χ3v) is 21.9. The Balaban J connectivity index is 1.26. The Morgan fingerprint density at radius 3 is 0.852 bits per heavy atom.